The number of aromatic nitrogens is 1. The third-order valence-electron chi connectivity index (χ3n) is 4.61. The van der Waals surface area contributed by atoms with Gasteiger partial charge in [0.25, 0.3) is 0 Å². The van der Waals surface area contributed by atoms with Crippen LogP contribution in [0, 0.1) is 0 Å². The number of benzene rings is 1. The zero-order chi connectivity index (χ0) is 16.8. The Morgan fingerprint density at radius 2 is 1.88 bits per heavy atom. The molecule has 1 unspecified atom stereocenters. The van der Waals surface area contributed by atoms with Crippen molar-refractivity contribution in [3.05, 3.63) is 59.4 Å². The highest BCUT2D eigenvalue weighted by molar-refractivity contribution is 6.30. The predicted molar refractivity (Wildman–Crippen MR) is 97.6 cm³/mol. The van der Waals surface area contributed by atoms with Gasteiger partial charge in [-0.1, -0.05) is 17.7 Å². The second kappa shape index (κ2) is 8.47. The average Bonchev–Trinajstić information content (AvgIpc) is 2.64. The number of piperazine rings is 1. The molecule has 1 fully saturated rings. The molecule has 4 nitrogen and oxygen atoms in total. The number of hydrogen-bond donors (Lipinski definition) is 0. The minimum atomic E-state index is 0.422. The molecule has 0 saturated carbocycles. The van der Waals surface area contributed by atoms with Gasteiger partial charge >= 0.3 is 0 Å². The van der Waals surface area contributed by atoms with Crippen molar-refractivity contribution < 1.29 is 4.74 Å². The van der Waals surface area contributed by atoms with Gasteiger partial charge < -0.3 is 4.74 Å². The zero-order valence-corrected chi connectivity index (χ0v) is 14.8. The van der Waals surface area contributed by atoms with Crippen LogP contribution in [0.2, 0.25) is 5.02 Å². The molecular weight excluding hydrogens is 322 g/mol. The van der Waals surface area contributed by atoms with Crippen LogP contribution in [-0.2, 0) is 0 Å². The predicted octanol–water partition coefficient (Wildman–Crippen LogP) is 3.49. The second-order valence-electron chi connectivity index (χ2n) is 6.14. The van der Waals surface area contributed by atoms with Crippen molar-refractivity contribution in [2.75, 3.05) is 39.3 Å². The first-order valence-electron chi connectivity index (χ1n) is 8.47. The summed E-state index contributed by atoms with van der Waals surface area (Å²) in [5, 5.41) is 0.737. The van der Waals surface area contributed by atoms with Gasteiger partial charge in [0, 0.05) is 56.2 Å². The first-order chi connectivity index (χ1) is 11.7. The van der Waals surface area contributed by atoms with Gasteiger partial charge in [-0.2, -0.15) is 0 Å². The Kier molecular flexibility index (Phi) is 6.07. The van der Waals surface area contributed by atoms with Crippen LogP contribution >= 0.6 is 11.6 Å². The number of ether oxygens (including phenoxy) is 1. The van der Waals surface area contributed by atoms with Gasteiger partial charge in [-0.25, -0.2) is 0 Å². The summed E-state index contributed by atoms with van der Waals surface area (Å²) in [6.07, 6.45) is 3.80. The smallest absolute Gasteiger partial charge is 0.119 e. The largest absolute Gasteiger partial charge is 0.492 e. The van der Waals surface area contributed by atoms with E-state index in [1.807, 2.05) is 42.7 Å². The molecule has 1 aliphatic heterocycles. The molecule has 0 radical (unpaired) electrons. The first kappa shape index (κ1) is 17.2. The van der Waals surface area contributed by atoms with Crippen LogP contribution in [0.4, 0.5) is 0 Å². The maximum absolute atomic E-state index is 5.88. The standard InChI is InChI=1S/C19H24ClN3O/c1-16(17-3-2-8-21-15-17)23-11-9-22(10-12-23)13-14-24-19-6-4-18(20)5-7-19/h2-8,15-16H,9-14H2,1H3. The van der Waals surface area contributed by atoms with Crippen LogP contribution in [-0.4, -0.2) is 54.1 Å². The van der Waals surface area contributed by atoms with Crippen molar-refractivity contribution >= 4 is 11.6 Å². The Labute approximate surface area is 149 Å². The summed E-state index contributed by atoms with van der Waals surface area (Å²) in [5.41, 5.74) is 1.29. The van der Waals surface area contributed by atoms with E-state index in [1.54, 1.807) is 0 Å². The molecule has 0 N–H and O–H groups in total. The van der Waals surface area contributed by atoms with Crippen LogP contribution in [0.15, 0.2) is 48.8 Å². The lowest BCUT2D eigenvalue weighted by Crippen LogP contribution is -2.48. The maximum atomic E-state index is 5.88. The highest BCUT2D eigenvalue weighted by Gasteiger charge is 2.21. The molecule has 1 aromatic carbocycles. The summed E-state index contributed by atoms with van der Waals surface area (Å²) >= 11 is 5.88. The van der Waals surface area contributed by atoms with Crippen LogP contribution < -0.4 is 4.74 Å². The fraction of sp³-hybridized carbons (Fsp3) is 0.421. The van der Waals surface area contributed by atoms with E-state index in [1.165, 1.54) is 5.56 Å². The van der Waals surface area contributed by atoms with E-state index < -0.39 is 0 Å². The molecule has 0 spiro atoms. The summed E-state index contributed by atoms with van der Waals surface area (Å²) in [6, 6.07) is 12.1. The molecule has 1 aliphatic rings. The number of rotatable bonds is 6. The number of pyridine rings is 1. The molecule has 0 amide bonds. The minimum absolute atomic E-state index is 0.422. The molecule has 2 heterocycles. The van der Waals surface area contributed by atoms with Crippen LogP contribution in [0.1, 0.15) is 18.5 Å². The van der Waals surface area contributed by atoms with Gasteiger partial charge in [-0.3, -0.25) is 14.8 Å². The monoisotopic (exact) mass is 345 g/mol. The normalized spacial score (nSPS) is 17.6. The summed E-state index contributed by atoms with van der Waals surface area (Å²) < 4.78 is 5.79. The molecule has 24 heavy (non-hydrogen) atoms. The molecule has 1 saturated heterocycles. The Morgan fingerprint density at radius 3 is 2.54 bits per heavy atom. The lowest BCUT2D eigenvalue weighted by Gasteiger charge is -2.38. The van der Waals surface area contributed by atoms with Gasteiger partial charge in [0.15, 0.2) is 0 Å². The van der Waals surface area contributed by atoms with E-state index in [9.17, 15) is 0 Å². The fourth-order valence-electron chi connectivity index (χ4n) is 3.03. The SMILES string of the molecule is CC(c1cccnc1)N1CCN(CCOc2ccc(Cl)cc2)CC1. The Morgan fingerprint density at radius 1 is 1.12 bits per heavy atom. The molecule has 5 heteroatoms. The number of hydrogen-bond acceptors (Lipinski definition) is 4. The topological polar surface area (TPSA) is 28.6 Å². The second-order valence-corrected chi connectivity index (χ2v) is 6.58. The molecule has 2 aromatic rings. The van der Waals surface area contributed by atoms with Gasteiger partial charge in [-0.05, 0) is 42.8 Å². The van der Waals surface area contributed by atoms with Crippen LogP contribution in [0.5, 0.6) is 5.75 Å². The zero-order valence-electron chi connectivity index (χ0n) is 14.1. The summed E-state index contributed by atoms with van der Waals surface area (Å²) in [5.74, 6) is 0.878. The van der Waals surface area contributed by atoms with Crippen molar-refractivity contribution in [3.8, 4) is 5.75 Å². The third kappa shape index (κ3) is 4.69. The van der Waals surface area contributed by atoms with Crippen LogP contribution in [0.25, 0.3) is 0 Å². The van der Waals surface area contributed by atoms with Crippen molar-refractivity contribution in [3.63, 3.8) is 0 Å². The van der Waals surface area contributed by atoms with E-state index in [0.717, 1.165) is 43.5 Å². The van der Waals surface area contributed by atoms with Gasteiger partial charge in [-0.15, -0.1) is 0 Å². The molecule has 1 atom stereocenters. The molecule has 0 bridgehead atoms. The van der Waals surface area contributed by atoms with E-state index in [0.29, 0.717) is 12.6 Å². The van der Waals surface area contributed by atoms with Crippen LogP contribution in [0.3, 0.4) is 0 Å². The molecule has 128 valence electrons. The molecule has 1 aromatic heterocycles. The number of halogens is 1. The molecule has 0 aliphatic carbocycles. The Bertz CT molecular complexity index is 612. The lowest BCUT2D eigenvalue weighted by molar-refractivity contribution is 0.0917. The number of nitrogens with zero attached hydrogens (tertiary/aromatic N) is 3. The van der Waals surface area contributed by atoms with E-state index in [4.69, 9.17) is 16.3 Å². The highest BCUT2D eigenvalue weighted by Crippen LogP contribution is 2.20. The van der Waals surface area contributed by atoms with E-state index in [2.05, 4.69) is 27.8 Å². The summed E-state index contributed by atoms with van der Waals surface area (Å²) in [6.45, 7) is 8.24. The summed E-state index contributed by atoms with van der Waals surface area (Å²) in [4.78, 5) is 9.21. The van der Waals surface area contributed by atoms with Gasteiger partial charge in [0.05, 0.1) is 0 Å². The Hall–Kier alpha value is -1.62. The summed E-state index contributed by atoms with van der Waals surface area (Å²) in [7, 11) is 0. The van der Waals surface area contributed by atoms with Gasteiger partial charge in [0.2, 0.25) is 0 Å². The van der Waals surface area contributed by atoms with E-state index in [-0.39, 0.29) is 0 Å². The first-order valence-corrected chi connectivity index (χ1v) is 8.85. The molecular formula is C19H24ClN3O. The maximum Gasteiger partial charge on any atom is 0.119 e. The third-order valence-corrected chi connectivity index (χ3v) is 4.86. The van der Waals surface area contributed by atoms with E-state index >= 15 is 0 Å². The highest BCUT2D eigenvalue weighted by atomic mass is 35.5. The molecule has 3 rings (SSSR count). The quantitative estimate of drug-likeness (QED) is 0.801. The van der Waals surface area contributed by atoms with Crippen molar-refractivity contribution in [1.82, 2.24) is 14.8 Å². The fourth-order valence-corrected chi connectivity index (χ4v) is 3.16. The van der Waals surface area contributed by atoms with Crippen molar-refractivity contribution in [2.45, 2.75) is 13.0 Å². The van der Waals surface area contributed by atoms with Gasteiger partial charge in [0.1, 0.15) is 12.4 Å². The van der Waals surface area contributed by atoms with Crippen molar-refractivity contribution in [1.29, 1.82) is 0 Å². The Balaban J connectivity index is 1.40. The lowest BCUT2D eigenvalue weighted by atomic mass is 10.1. The minimum Gasteiger partial charge on any atom is -0.492 e. The average molecular weight is 346 g/mol. The van der Waals surface area contributed by atoms with Crippen molar-refractivity contribution in [2.24, 2.45) is 0 Å².